The summed E-state index contributed by atoms with van der Waals surface area (Å²) in [5, 5.41) is 10.4. The molecule has 8 nitrogen and oxygen atoms in total. The molecule has 0 heterocycles. The van der Waals surface area contributed by atoms with Gasteiger partial charge in [0.05, 0.1) is 17.6 Å². The zero-order valence-electron chi connectivity index (χ0n) is 11.5. The number of methoxy groups -OCH3 is 1. The monoisotopic (exact) mass is 329 g/mol. The molecule has 0 radical (unpaired) electrons. The Labute approximate surface area is 130 Å². The summed E-state index contributed by atoms with van der Waals surface area (Å²) in [6, 6.07) is 3.33. The number of halogens is 1. The van der Waals surface area contributed by atoms with Crippen molar-refractivity contribution in [2.45, 2.75) is 19.3 Å². The number of ether oxygens (including phenoxy) is 2. The van der Waals surface area contributed by atoms with Crippen LogP contribution in [-0.4, -0.2) is 29.2 Å². The highest BCUT2D eigenvalue weighted by Gasteiger charge is 2.21. The van der Waals surface area contributed by atoms with Gasteiger partial charge in [-0.1, -0.05) is 0 Å². The van der Waals surface area contributed by atoms with Crippen LogP contribution in [0, 0.1) is 10.1 Å². The van der Waals surface area contributed by atoms with Gasteiger partial charge in [0, 0.05) is 18.9 Å². The number of esters is 2. The molecule has 1 aromatic carbocycles. The van der Waals surface area contributed by atoms with E-state index >= 15 is 0 Å². The molecule has 0 unspecified atom stereocenters. The van der Waals surface area contributed by atoms with Crippen molar-refractivity contribution in [1.29, 1.82) is 0 Å². The predicted octanol–water partition coefficient (Wildman–Crippen LogP) is 2.22. The minimum Gasteiger partial charge on any atom is -0.465 e. The summed E-state index contributed by atoms with van der Waals surface area (Å²) in [6.07, 6.45) is 0.0591. The van der Waals surface area contributed by atoms with E-state index in [9.17, 15) is 24.5 Å². The normalized spacial score (nSPS) is 9.91. The van der Waals surface area contributed by atoms with Crippen LogP contribution in [0.15, 0.2) is 18.2 Å². The van der Waals surface area contributed by atoms with E-state index in [-0.39, 0.29) is 30.6 Å². The van der Waals surface area contributed by atoms with Crippen LogP contribution in [0.25, 0.3) is 0 Å². The molecule has 0 atom stereocenters. The van der Waals surface area contributed by atoms with Gasteiger partial charge in [0.2, 0.25) is 11.0 Å². The first-order chi connectivity index (χ1) is 10.3. The van der Waals surface area contributed by atoms with Crippen LogP contribution in [-0.2, 0) is 14.3 Å². The van der Waals surface area contributed by atoms with Crippen molar-refractivity contribution < 1.29 is 28.8 Å². The molecule has 0 spiro atoms. The first-order valence-corrected chi connectivity index (χ1v) is 6.48. The number of hydrogen-bond acceptors (Lipinski definition) is 7. The second-order valence-electron chi connectivity index (χ2n) is 4.11. The largest absolute Gasteiger partial charge is 0.465 e. The van der Waals surface area contributed by atoms with Crippen LogP contribution >= 0.6 is 11.6 Å². The Kier molecular flexibility index (Phi) is 6.46. The molecule has 22 heavy (non-hydrogen) atoms. The molecule has 0 aliphatic heterocycles. The van der Waals surface area contributed by atoms with Crippen molar-refractivity contribution in [1.82, 2.24) is 0 Å². The van der Waals surface area contributed by atoms with Crippen LogP contribution in [0.5, 0.6) is 5.75 Å². The topological polar surface area (TPSA) is 113 Å². The van der Waals surface area contributed by atoms with Crippen molar-refractivity contribution in [2.75, 3.05) is 7.11 Å². The van der Waals surface area contributed by atoms with Gasteiger partial charge in [0.1, 0.15) is 0 Å². The van der Waals surface area contributed by atoms with Crippen LogP contribution in [0.2, 0.25) is 0 Å². The lowest BCUT2D eigenvalue weighted by Gasteiger charge is -2.06. The summed E-state index contributed by atoms with van der Waals surface area (Å²) >= 11 is 5.12. The third kappa shape index (κ3) is 5.13. The van der Waals surface area contributed by atoms with Gasteiger partial charge in [-0.3, -0.25) is 19.7 Å². The lowest BCUT2D eigenvalue weighted by atomic mass is 10.2. The molecule has 1 aromatic rings. The summed E-state index contributed by atoms with van der Waals surface area (Å²) in [5.74, 6) is -1.78. The number of benzene rings is 1. The minimum atomic E-state index is -0.780. The molecule has 0 aliphatic rings. The number of nitrogens with zero attached hydrogens (tertiary/aromatic N) is 1. The minimum absolute atomic E-state index is 0.0000271. The molecule has 9 heteroatoms. The first kappa shape index (κ1) is 17.6. The molecule has 0 aliphatic carbocycles. The molecule has 0 fully saturated rings. The molecule has 0 N–H and O–H groups in total. The van der Waals surface area contributed by atoms with Crippen LogP contribution in [0.1, 0.15) is 29.6 Å². The van der Waals surface area contributed by atoms with Gasteiger partial charge in [-0.25, -0.2) is 4.79 Å². The number of nitro groups is 1. The summed E-state index contributed by atoms with van der Waals surface area (Å²) in [5.41, 5.74) is -0.577. The van der Waals surface area contributed by atoms with Gasteiger partial charge >= 0.3 is 17.6 Å². The Morgan fingerprint density at radius 1 is 1.27 bits per heavy atom. The third-order valence-electron chi connectivity index (χ3n) is 2.55. The van der Waals surface area contributed by atoms with Crippen molar-refractivity contribution >= 4 is 34.5 Å². The Morgan fingerprint density at radius 2 is 1.95 bits per heavy atom. The zero-order chi connectivity index (χ0) is 16.7. The fourth-order valence-electron chi connectivity index (χ4n) is 1.54. The second-order valence-corrected chi connectivity index (χ2v) is 4.54. The average Bonchev–Trinajstić information content (AvgIpc) is 2.46. The smallest absolute Gasteiger partial charge is 0.338 e. The van der Waals surface area contributed by atoms with Gasteiger partial charge in [-0.15, -0.1) is 0 Å². The van der Waals surface area contributed by atoms with Gasteiger partial charge in [-0.2, -0.15) is 0 Å². The van der Waals surface area contributed by atoms with Crippen molar-refractivity contribution in [3.8, 4) is 5.75 Å². The van der Waals surface area contributed by atoms with E-state index in [1.807, 2.05) is 0 Å². The summed E-state index contributed by atoms with van der Waals surface area (Å²) < 4.78 is 9.32. The maximum absolute atomic E-state index is 11.6. The standard InChI is InChI=1S/C13H12ClNO7/c1-21-13(18)8-5-6-10(9(7-8)15(19)20)22-12(17)4-2-3-11(14)16/h5-7H,2-4H2,1H3. The molecule has 0 saturated heterocycles. The quantitative estimate of drug-likeness (QED) is 0.248. The second kappa shape index (κ2) is 8.08. The van der Waals surface area contributed by atoms with Crippen molar-refractivity contribution in [3.05, 3.63) is 33.9 Å². The van der Waals surface area contributed by atoms with Crippen LogP contribution in [0.4, 0.5) is 5.69 Å². The molecular weight excluding hydrogens is 318 g/mol. The van der Waals surface area contributed by atoms with Crippen molar-refractivity contribution in [2.24, 2.45) is 0 Å². The van der Waals surface area contributed by atoms with Gasteiger partial charge in [0.25, 0.3) is 0 Å². The Bertz CT molecular complexity index is 614. The highest BCUT2D eigenvalue weighted by Crippen LogP contribution is 2.28. The molecule has 0 amide bonds. The van der Waals surface area contributed by atoms with Crippen LogP contribution < -0.4 is 4.74 Å². The number of rotatable bonds is 7. The highest BCUT2D eigenvalue weighted by molar-refractivity contribution is 6.63. The number of carbonyl (C=O) groups excluding carboxylic acids is 3. The van der Waals surface area contributed by atoms with E-state index in [2.05, 4.69) is 4.74 Å². The SMILES string of the molecule is COC(=O)c1ccc(OC(=O)CCCC(=O)Cl)c([N+](=O)[O-])c1. The molecule has 0 aromatic heterocycles. The fourth-order valence-corrected chi connectivity index (χ4v) is 1.67. The molecule has 0 bridgehead atoms. The van der Waals surface area contributed by atoms with E-state index in [0.29, 0.717) is 0 Å². The lowest BCUT2D eigenvalue weighted by Crippen LogP contribution is -2.10. The Morgan fingerprint density at radius 3 is 2.50 bits per heavy atom. The van der Waals surface area contributed by atoms with E-state index in [0.717, 1.165) is 19.2 Å². The lowest BCUT2D eigenvalue weighted by molar-refractivity contribution is -0.385. The maximum atomic E-state index is 11.6. The van der Waals surface area contributed by atoms with Gasteiger partial charge < -0.3 is 9.47 Å². The Balaban J connectivity index is 2.85. The number of nitro benzene ring substituents is 1. The molecule has 118 valence electrons. The average molecular weight is 330 g/mol. The summed E-state index contributed by atoms with van der Waals surface area (Å²) in [4.78, 5) is 43.6. The maximum Gasteiger partial charge on any atom is 0.338 e. The summed E-state index contributed by atoms with van der Waals surface area (Å²) in [6.45, 7) is 0. The number of carbonyl (C=O) groups is 3. The fraction of sp³-hybridized carbons (Fsp3) is 0.308. The first-order valence-electron chi connectivity index (χ1n) is 6.11. The van der Waals surface area contributed by atoms with Gasteiger partial charge in [0.15, 0.2) is 0 Å². The highest BCUT2D eigenvalue weighted by atomic mass is 35.5. The molecule has 1 rings (SSSR count). The summed E-state index contributed by atoms with van der Waals surface area (Å²) in [7, 11) is 1.14. The van der Waals surface area contributed by atoms with E-state index in [1.54, 1.807) is 0 Å². The zero-order valence-corrected chi connectivity index (χ0v) is 12.3. The third-order valence-corrected chi connectivity index (χ3v) is 2.74. The van der Waals surface area contributed by atoms with E-state index in [4.69, 9.17) is 16.3 Å². The van der Waals surface area contributed by atoms with Gasteiger partial charge in [-0.05, 0) is 30.2 Å². The van der Waals surface area contributed by atoms with E-state index < -0.39 is 27.8 Å². The molecular formula is C13H12ClNO7. The van der Waals surface area contributed by atoms with E-state index in [1.165, 1.54) is 6.07 Å². The predicted molar refractivity (Wildman–Crippen MR) is 74.8 cm³/mol. The molecule has 0 saturated carbocycles. The Hall–Kier alpha value is -2.48. The number of hydrogen-bond donors (Lipinski definition) is 0. The van der Waals surface area contributed by atoms with Crippen molar-refractivity contribution in [3.63, 3.8) is 0 Å². The van der Waals surface area contributed by atoms with Crippen LogP contribution in [0.3, 0.4) is 0 Å².